The highest BCUT2D eigenvalue weighted by Gasteiger charge is 2.04. The van der Waals surface area contributed by atoms with E-state index in [1.165, 1.54) is 0 Å². The van der Waals surface area contributed by atoms with Crippen LogP contribution >= 0.6 is 23.2 Å². The second kappa shape index (κ2) is 5.63. The molecule has 0 bridgehead atoms. The maximum absolute atomic E-state index is 6.10. The fourth-order valence-corrected chi connectivity index (χ4v) is 1.97. The summed E-state index contributed by atoms with van der Waals surface area (Å²) in [5, 5.41) is 8.94. The first-order valence-corrected chi connectivity index (χ1v) is 6.54. The topological polar surface area (TPSA) is 29.9 Å². The molecular formula is C13H15Cl2N3. The van der Waals surface area contributed by atoms with Crippen molar-refractivity contribution in [3.63, 3.8) is 0 Å². The number of hydrogen-bond acceptors (Lipinski definition) is 2. The van der Waals surface area contributed by atoms with Crippen LogP contribution in [0.5, 0.6) is 0 Å². The summed E-state index contributed by atoms with van der Waals surface area (Å²) in [7, 11) is 0. The van der Waals surface area contributed by atoms with Crippen molar-refractivity contribution in [3.05, 3.63) is 46.2 Å². The van der Waals surface area contributed by atoms with Crippen molar-refractivity contribution < 1.29 is 0 Å². The zero-order valence-corrected chi connectivity index (χ0v) is 11.8. The molecular weight excluding hydrogens is 269 g/mol. The molecule has 0 amide bonds. The molecule has 0 aliphatic rings. The number of anilines is 1. The molecule has 0 unspecified atom stereocenters. The number of nitrogens with one attached hydrogen (secondary N) is 1. The number of hydrogen-bond donors (Lipinski definition) is 1. The largest absolute Gasteiger partial charge is 0.378 e. The molecule has 1 heterocycles. The summed E-state index contributed by atoms with van der Waals surface area (Å²) in [6.45, 7) is 4.80. The van der Waals surface area contributed by atoms with E-state index in [4.69, 9.17) is 23.2 Å². The fourth-order valence-electron chi connectivity index (χ4n) is 1.59. The number of benzene rings is 1. The predicted octanol–water partition coefficient (Wildman–Crippen LogP) is 4.38. The van der Waals surface area contributed by atoms with Crippen molar-refractivity contribution >= 4 is 28.9 Å². The van der Waals surface area contributed by atoms with E-state index >= 15 is 0 Å². The van der Waals surface area contributed by atoms with E-state index in [0.29, 0.717) is 22.6 Å². The van der Waals surface area contributed by atoms with Gasteiger partial charge in [0.2, 0.25) is 0 Å². The second-order valence-corrected chi connectivity index (χ2v) is 5.24. The lowest BCUT2D eigenvalue weighted by Gasteiger charge is -2.07. The summed E-state index contributed by atoms with van der Waals surface area (Å²) in [5.74, 6) is 0. The van der Waals surface area contributed by atoms with Crippen LogP contribution in [-0.4, -0.2) is 9.78 Å². The van der Waals surface area contributed by atoms with Crippen molar-refractivity contribution in [3.8, 4) is 0 Å². The molecule has 0 saturated heterocycles. The van der Waals surface area contributed by atoms with Gasteiger partial charge in [0.25, 0.3) is 0 Å². The zero-order chi connectivity index (χ0) is 13.1. The number of aromatic nitrogens is 2. The van der Waals surface area contributed by atoms with Gasteiger partial charge in [0, 0.05) is 28.8 Å². The van der Waals surface area contributed by atoms with Gasteiger partial charge >= 0.3 is 0 Å². The van der Waals surface area contributed by atoms with Gasteiger partial charge in [-0.2, -0.15) is 5.10 Å². The van der Waals surface area contributed by atoms with E-state index in [9.17, 15) is 0 Å². The van der Waals surface area contributed by atoms with Crippen LogP contribution in [0.1, 0.15) is 25.5 Å². The van der Waals surface area contributed by atoms with E-state index in [-0.39, 0.29) is 0 Å². The zero-order valence-electron chi connectivity index (χ0n) is 10.3. The third-order valence-electron chi connectivity index (χ3n) is 2.62. The minimum atomic E-state index is 0.357. The van der Waals surface area contributed by atoms with Gasteiger partial charge in [0.1, 0.15) is 0 Å². The van der Waals surface area contributed by atoms with Crippen molar-refractivity contribution in [2.24, 2.45) is 0 Å². The molecule has 5 heteroatoms. The van der Waals surface area contributed by atoms with Gasteiger partial charge < -0.3 is 5.32 Å². The minimum Gasteiger partial charge on any atom is -0.378 e. The first kappa shape index (κ1) is 13.2. The Morgan fingerprint density at radius 2 is 2.11 bits per heavy atom. The van der Waals surface area contributed by atoms with E-state index in [2.05, 4.69) is 24.3 Å². The third-order valence-corrected chi connectivity index (χ3v) is 3.23. The average Bonchev–Trinajstić information content (AvgIpc) is 2.79. The molecule has 0 radical (unpaired) electrons. The molecule has 3 nitrogen and oxygen atoms in total. The van der Waals surface area contributed by atoms with Gasteiger partial charge in [-0.05, 0) is 37.6 Å². The van der Waals surface area contributed by atoms with Gasteiger partial charge in [-0.15, -0.1) is 0 Å². The first-order chi connectivity index (χ1) is 8.56. The number of nitrogens with zero attached hydrogens (tertiary/aromatic N) is 2. The first-order valence-electron chi connectivity index (χ1n) is 5.78. The molecule has 0 aliphatic carbocycles. The van der Waals surface area contributed by atoms with Gasteiger partial charge in [-0.3, -0.25) is 4.68 Å². The minimum absolute atomic E-state index is 0.357. The van der Waals surface area contributed by atoms with Crippen LogP contribution in [0.15, 0.2) is 30.6 Å². The summed E-state index contributed by atoms with van der Waals surface area (Å²) < 4.78 is 1.90. The van der Waals surface area contributed by atoms with E-state index in [1.807, 2.05) is 16.9 Å². The Morgan fingerprint density at radius 1 is 1.33 bits per heavy atom. The third kappa shape index (κ3) is 3.18. The van der Waals surface area contributed by atoms with Crippen molar-refractivity contribution in [2.75, 3.05) is 5.32 Å². The molecule has 1 aromatic heterocycles. The maximum Gasteiger partial charge on any atom is 0.0729 e. The Balaban J connectivity index is 2.04. The quantitative estimate of drug-likeness (QED) is 0.902. The Kier molecular flexibility index (Phi) is 4.15. The molecule has 0 spiro atoms. The van der Waals surface area contributed by atoms with E-state index < -0.39 is 0 Å². The summed E-state index contributed by atoms with van der Waals surface area (Å²) in [4.78, 5) is 0. The molecule has 1 aromatic carbocycles. The SMILES string of the molecule is CC(C)n1cc(NCc2cc(Cl)ccc2Cl)cn1. The Bertz CT molecular complexity index is 535. The average molecular weight is 284 g/mol. The van der Waals surface area contributed by atoms with Crippen LogP contribution in [0.4, 0.5) is 5.69 Å². The monoisotopic (exact) mass is 283 g/mol. The summed E-state index contributed by atoms with van der Waals surface area (Å²) in [5.41, 5.74) is 1.95. The Hall–Kier alpha value is -1.19. The number of rotatable bonds is 4. The maximum atomic E-state index is 6.10. The van der Waals surface area contributed by atoms with Gasteiger partial charge in [0.15, 0.2) is 0 Å². The van der Waals surface area contributed by atoms with E-state index in [1.54, 1.807) is 18.3 Å². The van der Waals surface area contributed by atoms with Crippen LogP contribution < -0.4 is 5.32 Å². The Labute approximate surface area is 117 Å². The van der Waals surface area contributed by atoms with Gasteiger partial charge in [0.05, 0.1) is 11.9 Å². The lowest BCUT2D eigenvalue weighted by Crippen LogP contribution is -2.01. The van der Waals surface area contributed by atoms with Crippen molar-refractivity contribution in [2.45, 2.75) is 26.4 Å². The molecule has 0 saturated carbocycles. The molecule has 0 aliphatic heterocycles. The molecule has 1 N–H and O–H groups in total. The highest BCUT2D eigenvalue weighted by molar-refractivity contribution is 6.33. The van der Waals surface area contributed by atoms with E-state index in [0.717, 1.165) is 11.3 Å². The van der Waals surface area contributed by atoms with Gasteiger partial charge in [-0.25, -0.2) is 0 Å². The molecule has 0 fully saturated rings. The standard InChI is InChI=1S/C13H15Cl2N3/c1-9(2)18-8-12(7-17-18)16-6-10-5-11(14)3-4-13(10)15/h3-5,7-9,16H,6H2,1-2H3. The lowest BCUT2D eigenvalue weighted by atomic mass is 10.2. The summed E-state index contributed by atoms with van der Waals surface area (Å²) in [6, 6.07) is 5.81. The van der Waals surface area contributed by atoms with Crippen LogP contribution in [0, 0.1) is 0 Å². The smallest absolute Gasteiger partial charge is 0.0729 e. The van der Waals surface area contributed by atoms with Crippen LogP contribution in [0.25, 0.3) is 0 Å². The number of halogens is 2. The van der Waals surface area contributed by atoms with Crippen LogP contribution in [0.3, 0.4) is 0 Å². The summed E-state index contributed by atoms with van der Waals surface area (Å²) in [6.07, 6.45) is 3.78. The van der Waals surface area contributed by atoms with Crippen molar-refractivity contribution in [1.29, 1.82) is 0 Å². The molecule has 18 heavy (non-hydrogen) atoms. The Morgan fingerprint density at radius 3 is 2.78 bits per heavy atom. The molecule has 0 atom stereocenters. The van der Waals surface area contributed by atoms with Crippen LogP contribution in [-0.2, 0) is 6.54 Å². The summed E-state index contributed by atoms with van der Waals surface area (Å²) >= 11 is 12.0. The fraction of sp³-hybridized carbons (Fsp3) is 0.308. The highest BCUT2D eigenvalue weighted by Crippen LogP contribution is 2.21. The highest BCUT2D eigenvalue weighted by atomic mass is 35.5. The normalized spacial score (nSPS) is 10.9. The second-order valence-electron chi connectivity index (χ2n) is 4.39. The van der Waals surface area contributed by atoms with Crippen molar-refractivity contribution in [1.82, 2.24) is 9.78 Å². The molecule has 2 aromatic rings. The molecule has 96 valence electrons. The lowest BCUT2D eigenvalue weighted by molar-refractivity contribution is 0.532. The predicted molar refractivity (Wildman–Crippen MR) is 76.4 cm³/mol. The molecule has 2 rings (SSSR count). The van der Waals surface area contributed by atoms with Gasteiger partial charge in [-0.1, -0.05) is 23.2 Å². The van der Waals surface area contributed by atoms with Crippen LogP contribution in [0.2, 0.25) is 10.0 Å².